The highest BCUT2D eigenvalue weighted by molar-refractivity contribution is 8.13. The maximum Gasteiger partial charge on any atom is 0.282 e. The predicted molar refractivity (Wildman–Crippen MR) is 98.9 cm³/mol. The molecule has 4 rings (SSSR count). The monoisotopic (exact) mass is 391 g/mol. The Hall–Kier alpha value is -2.42. The lowest BCUT2D eigenvalue weighted by atomic mass is 10.2. The number of piperazine rings is 1. The van der Waals surface area contributed by atoms with Gasteiger partial charge in [-0.1, -0.05) is 23.9 Å². The lowest BCUT2D eigenvalue weighted by molar-refractivity contribution is -0.146. The minimum Gasteiger partial charge on any atom is -0.485 e. The van der Waals surface area contributed by atoms with Gasteiger partial charge in [0.15, 0.2) is 11.5 Å². The van der Waals surface area contributed by atoms with Crippen LogP contribution in [0.4, 0.5) is 4.79 Å². The average molecular weight is 391 g/mol. The van der Waals surface area contributed by atoms with E-state index in [1.165, 1.54) is 11.8 Å². The highest BCUT2D eigenvalue weighted by Gasteiger charge is 2.34. The number of nitrogens with zero attached hydrogens (tertiary/aromatic N) is 3. The van der Waals surface area contributed by atoms with Gasteiger partial charge in [-0.3, -0.25) is 14.4 Å². The number of rotatable bonds is 3. The molecule has 1 unspecified atom stereocenters. The van der Waals surface area contributed by atoms with E-state index in [4.69, 9.17) is 9.47 Å². The number of hydrogen-bond acceptors (Lipinski definition) is 6. The van der Waals surface area contributed by atoms with Crippen molar-refractivity contribution < 1.29 is 23.9 Å². The smallest absolute Gasteiger partial charge is 0.282 e. The number of carbonyl (C=O) groups is 3. The Kier molecular flexibility index (Phi) is 5.11. The fraction of sp³-hybridized carbons (Fsp3) is 0.500. The van der Waals surface area contributed by atoms with Gasteiger partial charge in [0, 0.05) is 38.5 Å². The summed E-state index contributed by atoms with van der Waals surface area (Å²) in [6.45, 7) is 2.76. The molecule has 8 nitrogen and oxygen atoms in total. The van der Waals surface area contributed by atoms with Crippen molar-refractivity contribution in [2.75, 3.05) is 51.6 Å². The van der Waals surface area contributed by atoms with Crippen LogP contribution < -0.4 is 9.47 Å². The van der Waals surface area contributed by atoms with Gasteiger partial charge < -0.3 is 24.2 Å². The number of thioether (sulfide) groups is 1. The van der Waals surface area contributed by atoms with E-state index in [2.05, 4.69) is 0 Å². The van der Waals surface area contributed by atoms with Gasteiger partial charge in [0.25, 0.3) is 11.1 Å². The lowest BCUT2D eigenvalue weighted by Crippen LogP contribution is -2.56. The van der Waals surface area contributed by atoms with Gasteiger partial charge in [0.2, 0.25) is 12.0 Å². The molecule has 3 aliphatic heterocycles. The van der Waals surface area contributed by atoms with Gasteiger partial charge in [-0.25, -0.2) is 0 Å². The first-order valence-corrected chi connectivity index (χ1v) is 9.97. The molecule has 2 saturated heterocycles. The number of ether oxygens (including phenoxy) is 2. The number of para-hydroxylation sites is 2. The lowest BCUT2D eigenvalue weighted by Gasteiger charge is -2.37. The van der Waals surface area contributed by atoms with Crippen molar-refractivity contribution >= 4 is 28.8 Å². The van der Waals surface area contributed by atoms with Gasteiger partial charge in [-0.05, 0) is 12.1 Å². The van der Waals surface area contributed by atoms with Crippen LogP contribution in [0.2, 0.25) is 0 Å². The molecule has 0 aliphatic carbocycles. The molecule has 2 fully saturated rings. The summed E-state index contributed by atoms with van der Waals surface area (Å²) in [5, 5.41) is -0.0353. The molecule has 0 aromatic heterocycles. The Morgan fingerprint density at radius 1 is 1.04 bits per heavy atom. The van der Waals surface area contributed by atoms with Crippen LogP contribution in [0.15, 0.2) is 24.3 Å². The van der Waals surface area contributed by atoms with Crippen LogP contribution in [0.25, 0.3) is 0 Å². The number of carbonyl (C=O) groups excluding carboxylic acids is 3. The van der Waals surface area contributed by atoms with Crippen LogP contribution in [-0.2, 0) is 9.59 Å². The van der Waals surface area contributed by atoms with E-state index in [0.717, 1.165) is 5.75 Å². The molecular formula is C18H21N3O5S. The molecule has 9 heteroatoms. The third kappa shape index (κ3) is 3.83. The Labute approximate surface area is 161 Å². The van der Waals surface area contributed by atoms with Crippen molar-refractivity contribution in [2.45, 2.75) is 6.10 Å². The zero-order chi connectivity index (χ0) is 18.8. The number of amides is 3. The number of fused-ring (bicyclic) bond motifs is 1. The van der Waals surface area contributed by atoms with E-state index in [0.29, 0.717) is 44.2 Å². The topological polar surface area (TPSA) is 79.4 Å². The zero-order valence-electron chi connectivity index (χ0n) is 14.8. The summed E-state index contributed by atoms with van der Waals surface area (Å²) in [6.07, 6.45) is -0.665. The van der Waals surface area contributed by atoms with Crippen LogP contribution in [-0.4, -0.2) is 89.5 Å². The molecule has 0 spiro atoms. The van der Waals surface area contributed by atoms with E-state index in [9.17, 15) is 14.4 Å². The van der Waals surface area contributed by atoms with Gasteiger partial charge in [0.1, 0.15) is 13.2 Å². The molecule has 3 amide bonds. The molecule has 1 aromatic rings. The summed E-state index contributed by atoms with van der Waals surface area (Å²) < 4.78 is 11.4. The maximum atomic E-state index is 12.7. The molecule has 144 valence electrons. The second-order valence-electron chi connectivity index (χ2n) is 6.61. The molecule has 0 saturated carbocycles. The van der Waals surface area contributed by atoms with Crippen molar-refractivity contribution in [2.24, 2.45) is 0 Å². The molecule has 1 atom stereocenters. The number of benzene rings is 1. The molecule has 0 N–H and O–H groups in total. The Balaban J connectivity index is 1.28. The summed E-state index contributed by atoms with van der Waals surface area (Å²) in [5.74, 6) is 1.77. The third-order valence-electron chi connectivity index (χ3n) is 4.90. The predicted octanol–water partition coefficient (Wildman–Crippen LogP) is 0.666. The van der Waals surface area contributed by atoms with E-state index in [1.54, 1.807) is 20.8 Å². The Morgan fingerprint density at radius 3 is 2.44 bits per heavy atom. The van der Waals surface area contributed by atoms with Crippen molar-refractivity contribution in [3.63, 3.8) is 0 Å². The summed E-state index contributed by atoms with van der Waals surface area (Å²) in [5.41, 5.74) is 0. The molecule has 3 aliphatic rings. The largest absolute Gasteiger partial charge is 0.485 e. The average Bonchev–Trinajstić information content (AvgIpc) is 3.11. The van der Waals surface area contributed by atoms with E-state index in [-0.39, 0.29) is 30.2 Å². The van der Waals surface area contributed by atoms with E-state index < -0.39 is 6.10 Å². The Bertz CT molecular complexity index is 750. The van der Waals surface area contributed by atoms with Crippen LogP contribution in [0.5, 0.6) is 11.5 Å². The first kappa shape index (κ1) is 18.0. The van der Waals surface area contributed by atoms with Crippen LogP contribution >= 0.6 is 11.8 Å². The van der Waals surface area contributed by atoms with Crippen LogP contribution in [0, 0.1) is 0 Å². The molecule has 0 radical (unpaired) electrons. The maximum absolute atomic E-state index is 12.7. The normalized spacial score (nSPS) is 22.1. The molecule has 3 heterocycles. The SMILES string of the molecule is O=C(CN1CCSC1=O)N1CCN(C(=O)C2COc3ccccc3O2)CC1. The second kappa shape index (κ2) is 7.67. The summed E-state index contributed by atoms with van der Waals surface area (Å²) in [7, 11) is 0. The third-order valence-corrected chi connectivity index (χ3v) is 5.79. The van der Waals surface area contributed by atoms with Crippen LogP contribution in [0.1, 0.15) is 0 Å². The fourth-order valence-corrected chi connectivity index (χ4v) is 4.18. The molecule has 1 aromatic carbocycles. The van der Waals surface area contributed by atoms with Crippen molar-refractivity contribution in [3.8, 4) is 11.5 Å². The first-order valence-electron chi connectivity index (χ1n) is 8.98. The minimum atomic E-state index is -0.665. The summed E-state index contributed by atoms with van der Waals surface area (Å²) in [6, 6.07) is 7.28. The zero-order valence-corrected chi connectivity index (χ0v) is 15.7. The molecular weight excluding hydrogens is 370 g/mol. The van der Waals surface area contributed by atoms with Gasteiger partial charge >= 0.3 is 0 Å². The number of hydrogen-bond donors (Lipinski definition) is 0. The Morgan fingerprint density at radius 2 is 1.74 bits per heavy atom. The molecule has 27 heavy (non-hydrogen) atoms. The minimum absolute atomic E-state index is 0.0353. The van der Waals surface area contributed by atoms with Crippen molar-refractivity contribution in [3.05, 3.63) is 24.3 Å². The van der Waals surface area contributed by atoms with Crippen molar-refractivity contribution in [1.82, 2.24) is 14.7 Å². The van der Waals surface area contributed by atoms with Gasteiger partial charge in [0.05, 0.1) is 0 Å². The molecule has 0 bridgehead atoms. The van der Waals surface area contributed by atoms with Gasteiger partial charge in [-0.15, -0.1) is 0 Å². The van der Waals surface area contributed by atoms with E-state index in [1.807, 2.05) is 18.2 Å². The summed E-state index contributed by atoms with van der Waals surface area (Å²) in [4.78, 5) is 41.8. The van der Waals surface area contributed by atoms with Gasteiger partial charge in [-0.2, -0.15) is 0 Å². The summed E-state index contributed by atoms with van der Waals surface area (Å²) >= 11 is 1.25. The first-order chi connectivity index (χ1) is 13.1. The fourth-order valence-electron chi connectivity index (χ4n) is 3.35. The second-order valence-corrected chi connectivity index (χ2v) is 7.65. The standard InChI is InChI=1S/C18H21N3O5S/c22-16(11-21-9-10-27-18(21)24)19-5-7-20(8-6-19)17(23)15-12-25-13-3-1-2-4-14(13)26-15/h1-4,15H,5-12H2. The highest BCUT2D eigenvalue weighted by atomic mass is 32.2. The highest BCUT2D eigenvalue weighted by Crippen LogP contribution is 2.31. The van der Waals surface area contributed by atoms with E-state index >= 15 is 0 Å². The quantitative estimate of drug-likeness (QED) is 0.754. The van der Waals surface area contributed by atoms with Crippen molar-refractivity contribution in [1.29, 1.82) is 0 Å². The van der Waals surface area contributed by atoms with Crippen LogP contribution in [0.3, 0.4) is 0 Å².